The van der Waals surface area contributed by atoms with Crippen molar-refractivity contribution in [2.24, 2.45) is 14.1 Å². The number of carbonyl (C=O) groups is 2. The lowest BCUT2D eigenvalue weighted by molar-refractivity contribution is -0.135. The zero-order valence-electron chi connectivity index (χ0n) is 14.7. The minimum absolute atomic E-state index is 0.159. The second-order valence-corrected chi connectivity index (χ2v) is 5.90. The minimum Gasteiger partial charge on any atom is -0.372 e. The molecule has 0 saturated carbocycles. The van der Waals surface area contributed by atoms with Gasteiger partial charge in [-0.05, 0) is 25.2 Å². The van der Waals surface area contributed by atoms with E-state index in [1.165, 1.54) is 16.4 Å². The molecule has 1 aromatic rings. The molecule has 1 aliphatic rings. The summed E-state index contributed by atoms with van der Waals surface area (Å²) in [5.41, 5.74) is -0.240. The molecule has 25 heavy (non-hydrogen) atoms. The van der Waals surface area contributed by atoms with Gasteiger partial charge >= 0.3 is 5.69 Å². The Morgan fingerprint density at radius 3 is 2.76 bits per heavy atom. The highest BCUT2D eigenvalue weighted by molar-refractivity contribution is 5.97. The van der Waals surface area contributed by atoms with E-state index in [-0.39, 0.29) is 24.7 Å². The number of likely N-dealkylation sites (tertiary alicyclic amines) is 1. The van der Waals surface area contributed by atoms with Crippen molar-refractivity contribution in [3.05, 3.63) is 16.3 Å². The Kier molecular flexibility index (Phi) is 6.36. The Morgan fingerprint density at radius 1 is 1.36 bits per heavy atom. The molecular weight excluding hydrogens is 326 g/mol. The zero-order chi connectivity index (χ0) is 18.4. The molecule has 1 aromatic heterocycles. The van der Waals surface area contributed by atoms with Crippen LogP contribution in [0.3, 0.4) is 0 Å². The van der Waals surface area contributed by atoms with Crippen LogP contribution in [0.4, 0.5) is 0 Å². The average molecular weight is 349 g/mol. The molecule has 9 nitrogen and oxygen atoms in total. The summed E-state index contributed by atoms with van der Waals surface area (Å²) in [4.78, 5) is 38.0. The Balaban J connectivity index is 2.08. The Labute approximate surface area is 145 Å². The van der Waals surface area contributed by atoms with E-state index in [1.807, 2.05) is 0 Å². The van der Waals surface area contributed by atoms with Gasteiger partial charge in [0.1, 0.15) is 12.6 Å². The molecule has 1 atom stereocenters. The van der Waals surface area contributed by atoms with E-state index in [9.17, 15) is 14.4 Å². The second-order valence-electron chi connectivity index (χ2n) is 5.90. The Hall–Kier alpha value is -2.60. The number of hydrogen-bond donors (Lipinski definition) is 1. The van der Waals surface area contributed by atoms with Crippen LogP contribution in [0.5, 0.6) is 0 Å². The third-order valence-electron chi connectivity index (χ3n) is 4.05. The van der Waals surface area contributed by atoms with Gasteiger partial charge in [-0.15, -0.1) is 0 Å². The molecule has 1 unspecified atom stereocenters. The van der Waals surface area contributed by atoms with Crippen LogP contribution in [0.1, 0.15) is 25.1 Å². The van der Waals surface area contributed by atoms with Crippen molar-refractivity contribution < 1.29 is 14.3 Å². The summed E-state index contributed by atoms with van der Waals surface area (Å²) in [6, 6.07) is -0.618. The van der Waals surface area contributed by atoms with Crippen molar-refractivity contribution in [1.82, 2.24) is 24.6 Å². The summed E-state index contributed by atoms with van der Waals surface area (Å²) in [7, 11) is 4.68. The monoisotopic (exact) mass is 349 g/mol. The van der Waals surface area contributed by atoms with E-state index in [0.717, 1.165) is 12.8 Å². The number of aryl methyl sites for hydroxylation is 1. The lowest BCUT2D eigenvalue weighted by atomic mass is 10.1. The summed E-state index contributed by atoms with van der Waals surface area (Å²) >= 11 is 0. The van der Waals surface area contributed by atoms with Crippen LogP contribution >= 0.6 is 0 Å². The number of ether oxygens (including phenoxy) is 1. The van der Waals surface area contributed by atoms with Gasteiger partial charge in [0.05, 0.1) is 6.54 Å². The topological polar surface area (TPSA) is 98.5 Å². The molecule has 9 heteroatoms. The molecule has 0 bridgehead atoms. The summed E-state index contributed by atoms with van der Waals surface area (Å²) in [5.74, 6) is 4.79. The number of nitrogens with one attached hydrogen (secondary N) is 1. The van der Waals surface area contributed by atoms with Crippen molar-refractivity contribution in [3.63, 3.8) is 0 Å². The van der Waals surface area contributed by atoms with Crippen LogP contribution < -0.4 is 11.0 Å². The van der Waals surface area contributed by atoms with Gasteiger partial charge in [-0.2, -0.15) is 5.10 Å². The van der Waals surface area contributed by atoms with E-state index in [2.05, 4.69) is 22.3 Å². The molecule has 1 saturated heterocycles. The van der Waals surface area contributed by atoms with Gasteiger partial charge in [-0.25, -0.2) is 9.48 Å². The number of rotatable bonds is 4. The first kappa shape index (κ1) is 18.7. The lowest BCUT2D eigenvalue weighted by Crippen LogP contribution is -2.47. The standard InChI is InChI=1S/C16H23N5O4/c1-19-13(18-20(2)16(19)24)11-21-9-5-4-7-12(15(21)23)17-14(22)8-6-10-25-3/h12H,4-5,7,9-11H2,1-3H3,(H,17,22). The predicted molar refractivity (Wildman–Crippen MR) is 89.3 cm³/mol. The van der Waals surface area contributed by atoms with Gasteiger partial charge in [-0.3, -0.25) is 14.2 Å². The van der Waals surface area contributed by atoms with Crippen LogP contribution in [-0.2, 0) is 35.0 Å². The van der Waals surface area contributed by atoms with Crippen molar-refractivity contribution in [3.8, 4) is 11.8 Å². The molecule has 2 rings (SSSR count). The van der Waals surface area contributed by atoms with Gasteiger partial charge < -0.3 is 15.0 Å². The van der Waals surface area contributed by atoms with Gasteiger partial charge in [0.2, 0.25) is 5.91 Å². The zero-order valence-corrected chi connectivity index (χ0v) is 14.7. The SMILES string of the molecule is COCC#CC(=O)NC1CCCCN(Cc2nn(C)c(=O)n2C)C1=O. The largest absolute Gasteiger partial charge is 0.372 e. The quantitative estimate of drug-likeness (QED) is 0.686. The molecule has 0 spiro atoms. The van der Waals surface area contributed by atoms with Crippen LogP contribution in [-0.4, -0.2) is 57.4 Å². The molecule has 0 aromatic carbocycles. The fourth-order valence-corrected chi connectivity index (χ4v) is 2.70. The Morgan fingerprint density at radius 2 is 2.12 bits per heavy atom. The number of aromatic nitrogens is 3. The molecule has 1 fully saturated rings. The fourth-order valence-electron chi connectivity index (χ4n) is 2.70. The first-order valence-electron chi connectivity index (χ1n) is 8.10. The van der Waals surface area contributed by atoms with E-state index in [4.69, 9.17) is 4.74 Å². The molecule has 2 heterocycles. The lowest BCUT2D eigenvalue weighted by Gasteiger charge is -2.23. The summed E-state index contributed by atoms with van der Waals surface area (Å²) < 4.78 is 7.42. The highest BCUT2D eigenvalue weighted by Gasteiger charge is 2.29. The molecule has 0 radical (unpaired) electrons. The molecule has 1 N–H and O–H groups in total. The highest BCUT2D eigenvalue weighted by atomic mass is 16.5. The fraction of sp³-hybridized carbons (Fsp3) is 0.625. The van der Waals surface area contributed by atoms with Crippen LogP contribution in [0.15, 0.2) is 4.79 Å². The third kappa shape index (κ3) is 4.70. The van der Waals surface area contributed by atoms with E-state index in [0.29, 0.717) is 18.8 Å². The number of hydrogen-bond acceptors (Lipinski definition) is 5. The maximum Gasteiger partial charge on any atom is 0.345 e. The van der Waals surface area contributed by atoms with Crippen molar-refractivity contribution in [1.29, 1.82) is 0 Å². The molecule has 0 aliphatic carbocycles. The molecule has 136 valence electrons. The van der Waals surface area contributed by atoms with E-state index in [1.54, 1.807) is 19.0 Å². The van der Waals surface area contributed by atoms with Crippen molar-refractivity contribution >= 4 is 11.8 Å². The summed E-state index contributed by atoms with van der Waals surface area (Å²) in [5, 5.41) is 6.82. The average Bonchev–Trinajstić information content (AvgIpc) is 2.73. The molecule has 1 aliphatic heterocycles. The molecular formula is C16H23N5O4. The van der Waals surface area contributed by atoms with Crippen molar-refractivity contribution in [2.45, 2.75) is 31.8 Å². The summed E-state index contributed by atoms with van der Waals surface area (Å²) in [6.45, 7) is 0.949. The van der Waals surface area contributed by atoms with Gasteiger partial charge in [0, 0.05) is 27.7 Å². The van der Waals surface area contributed by atoms with Crippen molar-refractivity contribution in [2.75, 3.05) is 20.3 Å². The van der Waals surface area contributed by atoms with E-state index >= 15 is 0 Å². The molecule has 2 amide bonds. The minimum atomic E-state index is -0.618. The number of methoxy groups -OCH3 is 1. The van der Waals surface area contributed by atoms with Gasteiger partial charge in [0.25, 0.3) is 5.91 Å². The predicted octanol–water partition coefficient (Wildman–Crippen LogP) is -1.23. The van der Waals surface area contributed by atoms with Gasteiger partial charge in [-0.1, -0.05) is 5.92 Å². The van der Waals surface area contributed by atoms with Crippen LogP contribution in [0.25, 0.3) is 0 Å². The Bertz CT molecular complexity index is 755. The normalized spacial score (nSPS) is 17.6. The smallest absolute Gasteiger partial charge is 0.345 e. The number of carbonyl (C=O) groups excluding carboxylic acids is 2. The third-order valence-corrected chi connectivity index (χ3v) is 4.05. The van der Waals surface area contributed by atoms with E-state index < -0.39 is 11.9 Å². The van der Waals surface area contributed by atoms with Gasteiger partial charge in [0.15, 0.2) is 5.82 Å². The van der Waals surface area contributed by atoms with Crippen LogP contribution in [0.2, 0.25) is 0 Å². The number of nitrogens with zero attached hydrogens (tertiary/aromatic N) is 4. The summed E-state index contributed by atoms with van der Waals surface area (Å²) in [6.07, 6.45) is 2.21. The maximum absolute atomic E-state index is 12.7. The highest BCUT2D eigenvalue weighted by Crippen LogP contribution is 2.14. The van der Waals surface area contributed by atoms with Crippen LogP contribution in [0, 0.1) is 11.8 Å². The second kappa shape index (κ2) is 8.48. The maximum atomic E-state index is 12.7. The first-order chi connectivity index (χ1) is 11.9. The first-order valence-corrected chi connectivity index (χ1v) is 8.10. The number of amides is 2.